The Morgan fingerprint density at radius 1 is 1.17 bits per heavy atom. The molecule has 1 N–H and O–H groups in total. The van der Waals surface area contributed by atoms with E-state index >= 15 is 0 Å². The summed E-state index contributed by atoms with van der Waals surface area (Å²) in [7, 11) is 0. The van der Waals surface area contributed by atoms with Crippen molar-refractivity contribution in [2.24, 2.45) is 5.92 Å². The molecule has 1 aromatic rings. The van der Waals surface area contributed by atoms with Gasteiger partial charge in [-0.15, -0.1) is 0 Å². The van der Waals surface area contributed by atoms with Crippen molar-refractivity contribution in [1.82, 2.24) is 0 Å². The Morgan fingerprint density at radius 2 is 1.72 bits per heavy atom. The highest BCUT2D eigenvalue weighted by molar-refractivity contribution is 5.97. The minimum absolute atomic E-state index is 0.0536. The molecule has 3 nitrogen and oxygen atoms in total. The molecule has 3 heteroatoms. The molecule has 0 aromatic heterocycles. The molecule has 98 valence electrons. The van der Waals surface area contributed by atoms with E-state index in [0.717, 1.165) is 6.42 Å². The number of Topliss-reactive ketones (excluding diaryl/α,β-unsaturated/α-hetero) is 1. The number of hydrogen-bond donors (Lipinski definition) is 1. The lowest BCUT2D eigenvalue weighted by atomic mass is 9.95. The van der Waals surface area contributed by atoms with Crippen LogP contribution >= 0.6 is 0 Å². The van der Waals surface area contributed by atoms with Crippen LogP contribution in [-0.4, -0.2) is 16.9 Å². The Morgan fingerprint density at radius 3 is 2.17 bits per heavy atom. The SMILES string of the molecule is CCC(C)c1ccc(C(=O)CC(C)C(=O)O)cc1. The molecule has 1 rings (SSSR count). The summed E-state index contributed by atoms with van der Waals surface area (Å²) in [6.45, 7) is 5.81. The molecule has 0 aliphatic rings. The van der Waals surface area contributed by atoms with Crippen molar-refractivity contribution >= 4 is 11.8 Å². The molecule has 0 aliphatic heterocycles. The Balaban J connectivity index is 2.73. The largest absolute Gasteiger partial charge is 0.481 e. The van der Waals surface area contributed by atoms with Gasteiger partial charge in [0.25, 0.3) is 0 Å². The molecular formula is C15H20O3. The van der Waals surface area contributed by atoms with Gasteiger partial charge in [-0.2, -0.15) is 0 Å². The van der Waals surface area contributed by atoms with Crippen molar-refractivity contribution in [3.8, 4) is 0 Å². The number of carboxylic acid groups (broad SMARTS) is 1. The highest BCUT2D eigenvalue weighted by Crippen LogP contribution is 2.19. The molecule has 2 atom stereocenters. The van der Waals surface area contributed by atoms with Crippen LogP contribution in [0.25, 0.3) is 0 Å². The Bertz CT molecular complexity index is 420. The second kappa shape index (κ2) is 6.34. The first kappa shape index (κ1) is 14.4. The van der Waals surface area contributed by atoms with Crippen LogP contribution in [-0.2, 0) is 4.79 Å². The average molecular weight is 248 g/mol. The van der Waals surface area contributed by atoms with Crippen LogP contribution in [0.5, 0.6) is 0 Å². The summed E-state index contributed by atoms with van der Waals surface area (Å²) in [5.41, 5.74) is 1.80. The number of benzene rings is 1. The number of carbonyl (C=O) groups excluding carboxylic acids is 1. The Labute approximate surface area is 108 Å². The van der Waals surface area contributed by atoms with Gasteiger partial charge < -0.3 is 5.11 Å². The lowest BCUT2D eigenvalue weighted by Crippen LogP contribution is -2.14. The average Bonchev–Trinajstić information content (AvgIpc) is 2.37. The predicted octanol–water partition coefficient (Wildman–Crippen LogP) is 3.49. The fourth-order valence-corrected chi connectivity index (χ4v) is 1.72. The summed E-state index contributed by atoms with van der Waals surface area (Å²) in [6.07, 6.45) is 1.11. The second-order valence-electron chi connectivity index (χ2n) is 4.80. The van der Waals surface area contributed by atoms with Gasteiger partial charge in [-0.25, -0.2) is 0 Å². The van der Waals surface area contributed by atoms with Crippen LogP contribution in [0.2, 0.25) is 0 Å². The molecule has 0 bridgehead atoms. The molecule has 0 radical (unpaired) electrons. The van der Waals surface area contributed by atoms with E-state index < -0.39 is 11.9 Å². The monoisotopic (exact) mass is 248 g/mol. The van der Waals surface area contributed by atoms with Crippen LogP contribution in [0.4, 0.5) is 0 Å². The van der Waals surface area contributed by atoms with Crippen molar-refractivity contribution in [2.75, 3.05) is 0 Å². The molecule has 0 aliphatic carbocycles. The quantitative estimate of drug-likeness (QED) is 0.784. The molecule has 0 heterocycles. The van der Waals surface area contributed by atoms with E-state index in [9.17, 15) is 9.59 Å². The van der Waals surface area contributed by atoms with Gasteiger partial charge in [0.1, 0.15) is 0 Å². The van der Waals surface area contributed by atoms with Gasteiger partial charge in [-0.3, -0.25) is 9.59 Å². The molecule has 0 spiro atoms. The van der Waals surface area contributed by atoms with Crippen molar-refractivity contribution in [3.05, 3.63) is 35.4 Å². The third kappa shape index (κ3) is 3.69. The van der Waals surface area contributed by atoms with Crippen LogP contribution in [0.15, 0.2) is 24.3 Å². The molecule has 0 saturated heterocycles. The van der Waals surface area contributed by atoms with Crippen LogP contribution < -0.4 is 0 Å². The molecule has 2 unspecified atom stereocenters. The standard InChI is InChI=1S/C15H20O3/c1-4-10(2)12-5-7-13(8-6-12)14(16)9-11(3)15(17)18/h5-8,10-11H,4,9H2,1-3H3,(H,17,18). The number of carbonyl (C=O) groups is 2. The normalized spacial score (nSPS) is 13.9. The van der Waals surface area contributed by atoms with Gasteiger partial charge in [-0.05, 0) is 17.9 Å². The van der Waals surface area contributed by atoms with E-state index in [4.69, 9.17) is 5.11 Å². The summed E-state index contributed by atoms with van der Waals surface area (Å²) in [4.78, 5) is 22.5. The minimum atomic E-state index is -0.931. The van der Waals surface area contributed by atoms with Gasteiger partial charge in [-0.1, -0.05) is 45.0 Å². The smallest absolute Gasteiger partial charge is 0.306 e. The van der Waals surface area contributed by atoms with E-state index in [1.54, 1.807) is 19.1 Å². The number of hydrogen-bond acceptors (Lipinski definition) is 2. The maximum absolute atomic E-state index is 11.8. The first-order chi connectivity index (χ1) is 8.45. The summed E-state index contributed by atoms with van der Waals surface area (Å²) >= 11 is 0. The minimum Gasteiger partial charge on any atom is -0.481 e. The summed E-state index contributed by atoms with van der Waals surface area (Å²) in [5.74, 6) is -1.20. The van der Waals surface area contributed by atoms with Gasteiger partial charge in [0.05, 0.1) is 5.92 Å². The van der Waals surface area contributed by atoms with E-state index in [1.165, 1.54) is 5.56 Å². The molecule has 1 aromatic carbocycles. The first-order valence-electron chi connectivity index (χ1n) is 6.31. The van der Waals surface area contributed by atoms with E-state index in [-0.39, 0.29) is 12.2 Å². The number of rotatable bonds is 6. The fraction of sp³-hybridized carbons (Fsp3) is 0.467. The fourth-order valence-electron chi connectivity index (χ4n) is 1.72. The predicted molar refractivity (Wildman–Crippen MR) is 70.9 cm³/mol. The second-order valence-corrected chi connectivity index (χ2v) is 4.80. The van der Waals surface area contributed by atoms with E-state index in [0.29, 0.717) is 11.5 Å². The third-order valence-electron chi connectivity index (χ3n) is 3.33. The summed E-state index contributed by atoms with van der Waals surface area (Å²) in [5, 5.41) is 8.77. The van der Waals surface area contributed by atoms with Crippen molar-refractivity contribution in [3.63, 3.8) is 0 Å². The zero-order valence-electron chi connectivity index (χ0n) is 11.1. The maximum atomic E-state index is 11.8. The molecule has 18 heavy (non-hydrogen) atoms. The Hall–Kier alpha value is -1.64. The molecule has 0 amide bonds. The number of ketones is 1. The highest BCUT2D eigenvalue weighted by atomic mass is 16.4. The number of carboxylic acids is 1. The van der Waals surface area contributed by atoms with Gasteiger partial charge >= 0.3 is 5.97 Å². The summed E-state index contributed by atoms with van der Waals surface area (Å²) < 4.78 is 0. The number of aliphatic carboxylic acids is 1. The third-order valence-corrected chi connectivity index (χ3v) is 3.33. The van der Waals surface area contributed by atoms with Crippen LogP contribution in [0.1, 0.15) is 55.5 Å². The van der Waals surface area contributed by atoms with Gasteiger partial charge in [0, 0.05) is 12.0 Å². The zero-order chi connectivity index (χ0) is 13.7. The van der Waals surface area contributed by atoms with Gasteiger partial charge in [0.15, 0.2) is 5.78 Å². The first-order valence-corrected chi connectivity index (χ1v) is 6.31. The van der Waals surface area contributed by atoms with Crippen molar-refractivity contribution in [1.29, 1.82) is 0 Å². The molecular weight excluding hydrogens is 228 g/mol. The highest BCUT2D eigenvalue weighted by Gasteiger charge is 2.17. The lowest BCUT2D eigenvalue weighted by molar-refractivity contribution is -0.141. The molecule has 0 saturated carbocycles. The van der Waals surface area contributed by atoms with Crippen LogP contribution in [0, 0.1) is 5.92 Å². The summed E-state index contributed by atoms with van der Waals surface area (Å²) in [6, 6.07) is 7.48. The van der Waals surface area contributed by atoms with Gasteiger partial charge in [0.2, 0.25) is 0 Å². The van der Waals surface area contributed by atoms with E-state index in [2.05, 4.69) is 13.8 Å². The topological polar surface area (TPSA) is 54.4 Å². The zero-order valence-corrected chi connectivity index (χ0v) is 11.1. The molecule has 0 fully saturated rings. The van der Waals surface area contributed by atoms with E-state index in [1.807, 2.05) is 12.1 Å². The van der Waals surface area contributed by atoms with Crippen LogP contribution in [0.3, 0.4) is 0 Å². The Kier molecular flexibility index (Phi) is 5.08. The van der Waals surface area contributed by atoms with Crippen molar-refractivity contribution < 1.29 is 14.7 Å². The maximum Gasteiger partial charge on any atom is 0.306 e. The van der Waals surface area contributed by atoms with Crippen molar-refractivity contribution in [2.45, 2.75) is 39.5 Å². The lowest BCUT2D eigenvalue weighted by Gasteiger charge is -2.10.